The van der Waals surface area contributed by atoms with Crippen LogP contribution in [0.25, 0.3) is 15.9 Å². The molecule has 4 aromatic rings. The van der Waals surface area contributed by atoms with Gasteiger partial charge in [-0.1, -0.05) is 23.3 Å². The Labute approximate surface area is 188 Å². The van der Waals surface area contributed by atoms with Gasteiger partial charge in [0.1, 0.15) is 11.4 Å². The summed E-state index contributed by atoms with van der Waals surface area (Å²) in [5.74, 6) is 1.56. The summed E-state index contributed by atoms with van der Waals surface area (Å²) < 4.78 is 1.79. The number of tetrazole rings is 1. The summed E-state index contributed by atoms with van der Waals surface area (Å²) in [5.41, 5.74) is 2.23. The molecule has 10 heteroatoms. The molecule has 2 N–H and O–H groups in total. The Morgan fingerprint density at radius 3 is 2.75 bits per heavy atom. The van der Waals surface area contributed by atoms with Crippen molar-refractivity contribution < 1.29 is 4.90 Å². The van der Waals surface area contributed by atoms with Gasteiger partial charge < -0.3 is 14.8 Å². The van der Waals surface area contributed by atoms with Crippen LogP contribution < -0.4 is 15.4 Å². The third-order valence-electron chi connectivity index (χ3n) is 6.50. The molecule has 4 heterocycles. The number of aromatic amines is 1. The number of quaternary nitrogens is 1. The number of fused-ring (bicyclic) bond motifs is 3. The molecule has 164 valence electrons. The Bertz CT molecular complexity index is 1300. The molecular formula is C22H25N8OS+. The third kappa shape index (κ3) is 3.49. The lowest BCUT2D eigenvalue weighted by atomic mass is 9.97. The van der Waals surface area contributed by atoms with Crippen molar-refractivity contribution in [1.82, 2.24) is 30.2 Å². The standard InChI is InChI=1S/C22H24N8OS/c31-20-19-16-8-4-5-9-17(16)32-21(19)24-18(23-20)14-28-10-12-29(13-11-28)22-25-26-27-30(22)15-6-2-1-3-7-15/h1-3,6-7H,4-5,8-14H2,(H,23,24,31)/p+1. The van der Waals surface area contributed by atoms with Gasteiger partial charge in [-0.15, -0.1) is 11.3 Å². The molecule has 32 heavy (non-hydrogen) atoms. The Hall–Kier alpha value is -3.11. The molecule has 3 aromatic heterocycles. The zero-order chi connectivity index (χ0) is 21.5. The topological polar surface area (TPSA) is 97.0 Å². The third-order valence-corrected chi connectivity index (χ3v) is 7.68. The number of nitrogens with one attached hydrogen (secondary N) is 2. The maximum atomic E-state index is 12.8. The van der Waals surface area contributed by atoms with E-state index in [0.717, 1.165) is 73.2 Å². The summed E-state index contributed by atoms with van der Waals surface area (Å²) in [7, 11) is 0. The van der Waals surface area contributed by atoms with Crippen LogP contribution in [0, 0.1) is 0 Å². The average Bonchev–Trinajstić information content (AvgIpc) is 3.45. The van der Waals surface area contributed by atoms with Gasteiger partial charge in [0.05, 0.1) is 37.3 Å². The van der Waals surface area contributed by atoms with E-state index in [4.69, 9.17) is 4.98 Å². The van der Waals surface area contributed by atoms with E-state index in [9.17, 15) is 4.79 Å². The van der Waals surface area contributed by atoms with Gasteiger partial charge in [-0.2, -0.15) is 4.68 Å². The number of anilines is 1. The molecule has 2 aliphatic rings. The van der Waals surface area contributed by atoms with Gasteiger partial charge in [-0.05, 0) is 53.8 Å². The van der Waals surface area contributed by atoms with Crippen LogP contribution in [0.15, 0.2) is 35.1 Å². The van der Waals surface area contributed by atoms with E-state index in [0.29, 0.717) is 0 Å². The SMILES string of the molecule is O=c1[nH]c(C[NH+]2CCN(c3nnnn3-c3ccccc3)CC2)nc2sc3c(c12)CCCC3. The Kier molecular flexibility index (Phi) is 4.95. The number of hydrogen-bond acceptors (Lipinski definition) is 7. The van der Waals surface area contributed by atoms with Gasteiger partial charge in [0, 0.05) is 4.88 Å². The predicted octanol–water partition coefficient (Wildman–Crippen LogP) is 0.744. The minimum Gasteiger partial charge on any atom is -0.328 e. The van der Waals surface area contributed by atoms with E-state index in [1.807, 2.05) is 30.3 Å². The minimum absolute atomic E-state index is 0.0319. The van der Waals surface area contributed by atoms with Crippen molar-refractivity contribution in [3.63, 3.8) is 0 Å². The Morgan fingerprint density at radius 1 is 1.09 bits per heavy atom. The normalized spacial score (nSPS) is 17.1. The number of nitrogens with zero attached hydrogens (tertiary/aromatic N) is 6. The quantitative estimate of drug-likeness (QED) is 0.477. The molecular weight excluding hydrogens is 424 g/mol. The van der Waals surface area contributed by atoms with Crippen molar-refractivity contribution in [2.75, 3.05) is 31.1 Å². The number of rotatable bonds is 4. The van der Waals surface area contributed by atoms with Crippen LogP contribution in [0.4, 0.5) is 5.95 Å². The molecule has 1 aromatic carbocycles. The lowest BCUT2D eigenvalue weighted by Gasteiger charge is -2.32. The fourth-order valence-electron chi connectivity index (χ4n) is 4.84. The van der Waals surface area contributed by atoms with Gasteiger partial charge in [0.2, 0.25) is 0 Å². The number of thiophene rings is 1. The second kappa shape index (κ2) is 8.10. The van der Waals surface area contributed by atoms with E-state index in [1.165, 1.54) is 28.2 Å². The molecule has 0 atom stereocenters. The highest BCUT2D eigenvalue weighted by atomic mass is 32.1. The van der Waals surface area contributed by atoms with Gasteiger partial charge in [0.15, 0.2) is 5.82 Å². The van der Waals surface area contributed by atoms with Crippen molar-refractivity contribution in [1.29, 1.82) is 0 Å². The maximum absolute atomic E-state index is 12.8. The zero-order valence-electron chi connectivity index (χ0n) is 17.8. The summed E-state index contributed by atoms with van der Waals surface area (Å²) in [6, 6.07) is 9.95. The number of aryl methyl sites for hydroxylation is 2. The summed E-state index contributed by atoms with van der Waals surface area (Å²) in [4.78, 5) is 26.6. The highest BCUT2D eigenvalue weighted by Gasteiger charge is 2.26. The lowest BCUT2D eigenvalue weighted by Crippen LogP contribution is -3.13. The largest absolute Gasteiger partial charge is 0.328 e. The number of para-hydroxylation sites is 1. The molecule has 0 amide bonds. The maximum Gasteiger partial charge on any atom is 0.260 e. The van der Waals surface area contributed by atoms with Crippen LogP contribution in [0.1, 0.15) is 29.1 Å². The van der Waals surface area contributed by atoms with Crippen molar-refractivity contribution in [3.05, 3.63) is 57.0 Å². The minimum atomic E-state index is 0.0319. The first-order valence-corrected chi connectivity index (χ1v) is 12.0. The van der Waals surface area contributed by atoms with E-state index < -0.39 is 0 Å². The highest BCUT2D eigenvalue weighted by Crippen LogP contribution is 2.33. The van der Waals surface area contributed by atoms with Crippen molar-refractivity contribution >= 4 is 27.5 Å². The smallest absolute Gasteiger partial charge is 0.260 e. The molecule has 0 saturated carbocycles. The van der Waals surface area contributed by atoms with Crippen molar-refractivity contribution in [2.24, 2.45) is 0 Å². The number of aromatic nitrogens is 6. The fourth-order valence-corrected chi connectivity index (χ4v) is 6.13. The van der Waals surface area contributed by atoms with Crippen molar-refractivity contribution in [2.45, 2.75) is 32.2 Å². The van der Waals surface area contributed by atoms with E-state index in [-0.39, 0.29) is 5.56 Å². The van der Waals surface area contributed by atoms with Gasteiger partial charge in [0.25, 0.3) is 11.5 Å². The van der Waals surface area contributed by atoms with Gasteiger partial charge >= 0.3 is 0 Å². The first kappa shape index (κ1) is 19.6. The van der Waals surface area contributed by atoms with E-state index >= 15 is 0 Å². The second-order valence-corrected chi connectivity index (χ2v) is 9.63. The number of H-pyrrole nitrogens is 1. The molecule has 1 aliphatic carbocycles. The van der Waals surface area contributed by atoms with E-state index in [2.05, 4.69) is 25.4 Å². The molecule has 0 spiro atoms. The molecule has 6 rings (SSSR count). The van der Waals surface area contributed by atoms with Crippen LogP contribution in [0.2, 0.25) is 0 Å². The lowest BCUT2D eigenvalue weighted by molar-refractivity contribution is -0.915. The molecule has 1 saturated heterocycles. The molecule has 0 unspecified atom stereocenters. The van der Waals surface area contributed by atoms with Crippen LogP contribution in [0.5, 0.6) is 0 Å². The van der Waals surface area contributed by atoms with Crippen LogP contribution in [0.3, 0.4) is 0 Å². The average molecular weight is 450 g/mol. The molecule has 0 bridgehead atoms. The highest BCUT2D eigenvalue weighted by molar-refractivity contribution is 7.18. The number of piperazine rings is 1. The number of hydrogen-bond donors (Lipinski definition) is 2. The zero-order valence-corrected chi connectivity index (χ0v) is 18.6. The van der Waals surface area contributed by atoms with Crippen molar-refractivity contribution in [3.8, 4) is 5.69 Å². The summed E-state index contributed by atoms with van der Waals surface area (Å²) >= 11 is 1.71. The Morgan fingerprint density at radius 2 is 1.91 bits per heavy atom. The van der Waals surface area contributed by atoms with Gasteiger partial charge in [-0.25, -0.2) is 4.98 Å². The summed E-state index contributed by atoms with van der Waals surface area (Å²) in [6.07, 6.45) is 4.48. The predicted molar refractivity (Wildman–Crippen MR) is 123 cm³/mol. The molecule has 9 nitrogen and oxygen atoms in total. The molecule has 1 fully saturated rings. The summed E-state index contributed by atoms with van der Waals surface area (Å²) in [5, 5.41) is 13.2. The monoisotopic (exact) mass is 449 g/mol. The second-order valence-electron chi connectivity index (χ2n) is 8.54. The van der Waals surface area contributed by atoms with Gasteiger partial charge in [-0.3, -0.25) is 4.79 Å². The summed E-state index contributed by atoms with van der Waals surface area (Å²) in [6.45, 7) is 4.30. The van der Waals surface area contributed by atoms with E-state index in [1.54, 1.807) is 16.0 Å². The first-order chi connectivity index (χ1) is 15.8. The van der Waals surface area contributed by atoms with Crippen LogP contribution >= 0.6 is 11.3 Å². The van der Waals surface area contributed by atoms with Crippen LogP contribution in [-0.2, 0) is 19.4 Å². The van der Waals surface area contributed by atoms with Crippen LogP contribution in [-0.4, -0.2) is 56.4 Å². The number of benzene rings is 1. The molecule has 0 radical (unpaired) electrons. The first-order valence-electron chi connectivity index (χ1n) is 11.2. The Balaban J connectivity index is 1.17. The molecule has 1 aliphatic heterocycles. The fraction of sp³-hybridized carbons (Fsp3) is 0.409.